The Bertz CT molecular complexity index is 525. The first kappa shape index (κ1) is 14.9. The molecule has 8 heteroatoms. The molecule has 0 saturated carbocycles. The van der Waals surface area contributed by atoms with Gasteiger partial charge in [-0.25, -0.2) is 0 Å². The first-order valence-electron chi connectivity index (χ1n) is 4.43. The molecule has 96 valence electrons. The molecule has 0 amide bonds. The summed E-state index contributed by atoms with van der Waals surface area (Å²) < 4.78 is 37.3. The Balaban J connectivity index is 3.33. The first-order valence-corrected chi connectivity index (χ1v) is 6.04. The van der Waals surface area contributed by atoms with Crippen molar-refractivity contribution in [1.82, 2.24) is 0 Å². The molecule has 1 aromatic carbocycles. The number of nitriles is 1. The van der Waals surface area contributed by atoms with Crippen LogP contribution in [0.15, 0.2) is 21.5 Å². The SMILES string of the molecule is N#Cc1cc(Br)cc(SC(F)(F)F)c1CC(=O)O. The Morgan fingerprint density at radius 2 is 2.11 bits per heavy atom. The smallest absolute Gasteiger partial charge is 0.446 e. The molecule has 0 unspecified atom stereocenters. The second-order valence-electron chi connectivity index (χ2n) is 3.16. The number of halogens is 4. The van der Waals surface area contributed by atoms with Crippen molar-refractivity contribution < 1.29 is 23.1 Å². The standard InChI is InChI=1S/C10H5BrF3NO2S/c11-6-1-5(4-15)7(3-9(16)17)8(2-6)18-10(12,13)14/h1-2H,3H2,(H,16,17). The largest absolute Gasteiger partial charge is 0.481 e. The van der Waals surface area contributed by atoms with E-state index in [0.29, 0.717) is 4.47 Å². The molecule has 1 aromatic rings. The predicted octanol–water partition coefficient (Wildman–Crippen LogP) is 3.56. The first-order chi connectivity index (χ1) is 8.23. The fourth-order valence-corrected chi connectivity index (χ4v) is 2.61. The van der Waals surface area contributed by atoms with Crippen molar-refractivity contribution in [1.29, 1.82) is 5.26 Å². The number of nitrogens with zero attached hydrogens (tertiary/aromatic N) is 1. The van der Waals surface area contributed by atoms with Gasteiger partial charge in [-0.3, -0.25) is 4.79 Å². The van der Waals surface area contributed by atoms with Gasteiger partial charge in [0.25, 0.3) is 0 Å². The zero-order valence-corrected chi connectivity index (χ0v) is 11.0. The lowest BCUT2D eigenvalue weighted by atomic mass is 10.1. The number of carbonyl (C=O) groups is 1. The monoisotopic (exact) mass is 339 g/mol. The van der Waals surface area contributed by atoms with Crippen molar-refractivity contribution in [3.63, 3.8) is 0 Å². The molecule has 0 aliphatic carbocycles. The highest BCUT2D eigenvalue weighted by Gasteiger charge is 2.31. The molecule has 1 N–H and O–H groups in total. The van der Waals surface area contributed by atoms with Gasteiger partial charge in [-0.1, -0.05) is 15.9 Å². The number of hydrogen-bond acceptors (Lipinski definition) is 3. The van der Waals surface area contributed by atoms with E-state index in [1.807, 2.05) is 0 Å². The van der Waals surface area contributed by atoms with Crippen molar-refractivity contribution >= 4 is 33.7 Å². The molecule has 0 radical (unpaired) electrons. The van der Waals surface area contributed by atoms with Crippen LogP contribution in [0, 0.1) is 11.3 Å². The van der Waals surface area contributed by atoms with Gasteiger partial charge in [0.2, 0.25) is 0 Å². The number of carboxylic acid groups (broad SMARTS) is 1. The highest BCUT2D eigenvalue weighted by molar-refractivity contribution is 9.10. The molecular formula is C10H5BrF3NO2S. The van der Waals surface area contributed by atoms with Crippen LogP contribution in [0.25, 0.3) is 0 Å². The van der Waals surface area contributed by atoms with Crippen molar-refractivity contribution in [3.05, 3.63) is 27.7 Å². The van der Waals surface area contributed by atoms with Crippen molar-refractivity contribution in [3.8, 4) is 6.07 Å². The lowest BCUT2D eigenvalue weighted by Gasteiger charge is -2.12. The molecule has 18 heavy (non-hydrogen) atoms. The third-order valence-corrected chi connectivity index (χ3v) is 3.12. The number of hydrogen-bond donors (Lipinski definition) is 1. The van der Waals surface area contributed by atoms with E-state index < -0.39 is 29.7 Å². The lowest BCUT2D eigenvalue weighted by molar-refractivity contribution is -0.136. The quantitative estimate of drug-likeness (QED) is 0.855. The fraction of sp³-hybridized carbons (Fsp3) is 0.200. The van der Waals surface area contributed by atoms with Crippen LogP contribution in [0.3, 0.4) is 0 Å². The molecule has 0 atom stereocenters. The number of alkyl halides is 3. The predicted molar refractivity (Wildman–Crippen MR) is 62.1 cm³/mol. The Kier molecular flexibility index (Phi) is 4.65. The summed E-state index contributed by atoms with van der Waals surface area (Å²) in [7, 11) is 0. The third kappa shape index (κ3) is 4.23. The van der Waals surface area contributed by atoms with Gasteiger partial charge in [-0.05, 0) is 29.5 Å². The van der Waals surface area contributed by atoms with Crippen LogP contribution in [0.2, 0.25) is 0 Å². The maximum atomic E-state index is 12.3. The Morgan fingerprint density at radius 1 is 1.50 bits per heavy atom. The summed E-state index contributed by atoms with van der Waals surface area (Å²) in [5.41, 5.74) is -4.75. The molecule has 0 aliphatic heterocycles. The molecule has 3 nitrogen and oxygen atoms in total. The maximum absolute atomic E-state index is 12.3. The van der Waals surface area contributed by atoms with E-state index in [9.17, 15) is 18.0 Å². The molecule has 0 aliphatic rings. The third-order valence-electron chi connectivity index (χ3n) is 1.85. The summed E-state index contributed by atoms with van der Waals surface area (Å²) in [5, 5.41) is 17.5. The van der Waals surface area contributed by atoms with Gasteiger partial charge >= 0.3 is 11.5 Å². The van der Waals surface area contributed by atoms with E-state index in [2.05, 4.69) is 15.9 Å². The number of benzene rings is 1. The Morgan fingerprint density at radius 3 is 2.56 bits per heavy atom. The van der Waals surface area contributed by atoms with Crippen LogP contribution in [0.1, 0.15) is 11.1 Å². The molecule has 0 fully saturated rings. The van der Waals surface area contributed by atoms with Gasteiger partial charge in [-0.2, -0.15) is 18.4 Å². The molecule has 0 heterocycles. The summed E-state index contributed by atoms with van der Waals surface area (Å²) in [5.74, 6) is -1.29. The van der Waals surface area contributed by atoms with Crippen LogP contribution in [0.5, 0.6) is 0 Å². The van der Waals surface area contributed by atoms with Crippen LogP contribution in [0.4, 0.5) is 13.2 Å². The minimum absolute atomic E-state index is 0.0847. The van der Waals surface area contributed by atoms with Crippen LogP contribution in [-0.4, -0.2) is 16.6 Å². The van der Waals surface area contributed by atoms with Crippen molar-refractivity contribution in [2.45, 2.75) is 16.8 Å². The zero-order valence-electron chi connectivity index (χ0n) is 8.58. The lowest BCUT2D eigenvalue weighted by Crippen LogP contribution is -2.07. The zero-order chi connectivity index (χ0) is 13.9. The van der Waals surface area contributed by atoms with Gasteiger partial charge in [0.15, 0.2) is 0 Å². The molecule has 0 aromatic heterocycles. The molecule has 0 bridgehead atoms. The van der Waals surface area contributed by atoms with Crippen LogP contribution < -0.4 is 0 Å². The molecule has 1 rings (SSSR count). The van der Waals surface area contributed by atoms with Crippen LogP contribution in [-0.2, 0) is 11.2 Å². The Labute approximate surface area is 113 Å². The second-order valence-corrected chi connectivity index (χ2v) is 5.18. The van der Waals surface area contributed by atoms with E-state index in [4.69, 9.17) is 10.4 Å². The minimum atomic E-state index is -4.54. The summed E-state index contributed by atoms with van der Waals surface area (Å²) in [4.78, 5) is 10.3. The van der Waals surface area contributed by atoms with E-state index in [-0.39, 0.29) is 16.0 Å². The molecular weight excluding hydrogens is 335 g/mol. The summed E-state index contributed by atoms with van der Waals surface area (Å²) in [6, 6.07) is 4.13. The van der Waals surface area contributed by atoms with Gasteiger partial charge < -0.3 is 5.11 Å². The van der Waals surface area contributed by atoms with Gasteiger partial charge in [-0.15, -0.1) is 0 Å². The van der Waals surface area contributed by atoms with E-state index in [1.54, 1.807) is 6.07 Å². The number of aliphatic carboxylic acids is 1. The average Bonchev–Trinajstić information content (AvgIpc) is 2.18. The second kappa shape index (κ2) is 5.63. The summed E-state index contributed by atoms with van der Waals surface area (Å²) in [6.07, 6.45) is -0.630. The highest BCUT2D eigenvalue weighted by atomic mass is 79.9. The van der Waals surface area contributed by atoms with Crippen molar-refractivity contribution in [2.24, 2.45) is 0 Å². The van der Waals surface area contributed by atoms with E-state index in [1.165, 1.54) is 6.07 Å². The number of carboxylic acids is 1. The van der Waals surface area contributed by atoms with Gasteiger partial charge in [0, 0.05) is 9.37 Å². The van der Waals surface area contributed by atoms with E-state index >= 15 is 0 Å². The topological polar surface area (TPSA) is 61.1 Å². The molecule has 0 saturated heterocycles. The van der Waals surface area contributed by atoms with E-state index in [0.717, 1.165) is 6.07 Å². The molecule has 0 spiro atoms. The summed E-state index contributed by atoms with van der Waals surface area (Å²) in [6.45, 7) is 0. The summed E-state index contributed by atoms with van der Waals surface area (Å²) >= 11 is 2.55. The van der Waals surface area contributed by atoms with Crippen LogP contribution >= 0.6 is 27.7 Å². The van der Waals surface area contributed by atoms with Crippen molar-refractivity contribution in [2.75, 3.05) is 0 Å². The maximum Gasteiger partial charge on any atom is 0.446 e. The Hall–Kier alpha value is -1.20. The highest BCUT2D eigenvalue weighted by Crippen LogP contribution is 2.40. The minimum Gasteiger partial charge on any atom is -0.481 e. The normalized spacial score (nSPS) is 11.1. The number of thioether (sulfide) groups is 1. The average molecular weight is 340 g/mol. The van der Waals surface area contributed by atoms with Gasteiger partial charge in [0.1, 0.15) is 0 Å². The fourth-order valence-electron chi connectivity index (χ4n) is 1.26. The number of rotatable bonds is 3. The van der Waals surface area contributed by atoms with Gasteiger partial charge in [0.05, 0.1) is 18.1 Å².